The average molecular weight is 415 g/mol. The van der Waals surface area contributed by atoms with E-state index < -0.39 is 10.0 Å². The predicted molar refractivity (Wildman–Crippen MR) is 107 cm³/mol. The molecule has 140 valence electrons. The van der Waals surface area contributed by atoms with Crippen LogP contribution in [0.1, 0.15) is 26.3 Å². The van der Waals surface area contributed by atoms with Gasteiger partial charge >= 0.3 is 0 Å². The van der Waals surface area contributed by atoms with Crippen LogP contribution in [0.4, 0.5) is 5.82 Å². The quantitative estimate of drug-likeness (QED) is 0.542. The number of hydrogen-bond acceptors (Lipinski definition) is 5. The monoisotopic (exact) mass is 414 g/mol. The molecule has 0 aliphatic carbocycles. The Balaban J connectivity index is 2.17. The van der Waals surface area contributed by atoms with E-state index in [0.717, 1.165) is 5.56 Å². The number of halogens is 2. The molecule has 1 N–H and O–H groups in total. The maximum absolute atomic E-state index is 12.4. The first-order valence-corrected chi connectivity index (χ1v) is 10.2. The molecule has 0 atom stereocenters. The molecule has 1 aromatic carbocycles. The van der Waals surface area contributed by atoms with E-state index in [0.29, 0.717) is 34.7 Å². The van der Waals surface area contributed by atoms with Crippen molar-refractivity contribution in [1.29, 1.82) is 0 Å². The molecule has 0 amide bonds. The number of nitrogens with one attached hydrogen (secondary N) is 1. The SMILES string of the molecule is CCN(CC)S(=O)(=O)c1ccc(N/N=C(\C)c2ccc(Cl)cc2Cl)nc1. The van der Waals surface area contributed by atoms with Crippen molar-refractivity contribution in [3.05, 3.63) is 52.1 Å². The number of nitrogens with zero attached hydrogens (tertiary/aromatic N) is 3. The van der Waals surface area contributed by atoms with E-state index in [9.17, 15) is 8.42 Å². The number of anilines is 1. The fourth-order valence-electron chi connectivity index (χ4n) is 2.30. The second-order valence-electron chi connectivity index (χ2n) is 5.40. The Morgan fingerprint density at radius 3 is 2.42 bits per heavy atom. The second kappa shape index (κ2) is 8.81. The van der Waals surface area contributed by atoms with Crippen molar-refractivity contribution in [1.82, 2.24) is 9.29 Å². The van der Waals surface area contributed by atoms with Gasteiger partial charge in [0.2, 0.25) is 10.0 Å². The molecule has 9 heteroatoms. The highest BCUT2D eigenvalue weighted by molar-refractivity contribution is 7.89. The lowest BCUT2D eigenvalue weighted by Crippen LogP contribution is -2.30. The molecular weight excluding hydrogens is 395 g/mol. The normalized spacial score (nSPS) is 12.5. The number of aromatic nitrogens is 1. The lowest BCUT2D eigenvalue weighted by Gasteiger charge is -2.18. The van der Waals surface area contributed by atoms with Crippen LogP contribution in [0.5, 0.6) is 0 Å². The van der Waals surface area contributed by atoms with E-state index in [1.807, 2.05) is 0 Å². The van der Waals surface area contributed by atoms with E-state index in [2.05, 4.69) is 15.5 Å². The Morgan fingerprint density at radius 1 is 1.19 bits per heavy atom. The summed E-state index contributed by atoms with van der Waals surface area (Å²) in [7, 11) is -3.52. The van der Waals surface area contributed by atoms with E-state index >= 15 is 0 Å². The predicted octanol–water partition coefficient (Wildman–Crippen LogP) is 4.26. The zero-order valence-electron chi connectivity index (χ0n) is 14.7. The first-order valence-electron chi connectivity index (χ1n) is 8.01. The van der Waals surface area contributed by atoms with Crippen molar-refractivity contribution in [3.8, 4) is 0 Å². The van der Waals surface area contributed by atoms with Gasteiger partial charge in [0.15, 0.2) is 0 Å². The van der Waals surface area contributed by atoms with Gasteiger partial charge in [0.25, 0.3) is 0 Å². The van der Waals surface area contributed by atoms with Gasteiger partial charge in [-0.2, -0.15) is 9.41 Å². The first-order chi connectivity index (χ1) is 12.3. The fourth-order valence-corrected chi connectivity index (χ4v) is 4.25. The maximum Gasteiger partial charge on any atom is 0.244 e. The summed E-state index contributed by atoms with van der Waals surface area (Å²) in [6.45, 7) is 6.20. The van der Waals surface area contributed by atoms with Crippen LogP contribution >= 0.6 is 23.2 Å². The lowest BCUT2D eigenvalue weighted by molar-refractivity contribution is 0.445. The van der Waals surface area contributed by atoms with Crippen LogP contribution in [0.3, 0.4) is 0 Å². The summed E-state index contributed by atoms with van der Waals surface area (Å²) in [5, 5.41) is 5.27. The molecule has 1 heterocycles. The van der Waals surface area contributed by atoms with E-state index in [1.165, 1.54) is 16.6 Å². The Morgan fingerprint density at radius 2 is 1.88 bits per heavy atom. The van der Waals surface area contributed by atoms with Gasteiger partial charge in [-0.25, -0.2) is 13.4 Å². The van der Waals surface area contributed by atoms with Gasteiger partial charge in [-0.15, -0.1) is 0 Å². The molecule has 0 aliphatic rings. The van der Waals surface area contributed by atoms with Crippen molar-refractivity contribution in [2.24, 2.45) is 5.10 Å². The minimum absolute atomic E-state index is 0.146. The molecule has 26 heavy (non-hydrogen) atoms. The summed E-state index contributed by atoms with van der Waals surface area (Å²) in [5.74, 6) is 0.424. The third-order valence-corrected chi connectivity index (χ3v) is 6.32. The van der Waals surface area contributed by atoms with Crippen molar-refractivity contribution in [3.63, 3.8) is 0 Å². The summed E-state index contributed by atoms with van der Waals surface area (Å²) in [4.78, 5) is 4.27. The molecule has 2 rings (SSSR count). The Bertz CT molecular complexity index is 895. The summed E-state index contributed by atoms with van der Waals surface area (Å²) < 4.78 is 26.2. The van der Waals surface area contributed by atoms with Crippen LogP contribution in [-0.4, -0.2) is 36.5 Å². The van der Waals surface area contributed by atoms with Gasteiger partial charge in [-0.05, 0) is 31.2 Å². The van der Waals surface area contributed by atoms with E-state index in [-0.39, 0.29) is 4.90 Å². The Kier molecular flexibility index (Phi) is 7.00. The largest absolute Gasteiger partial charge is 0.261 e. The van der Waals surface area contributed by atoms with Gasteiger partial charge < -0.3 is 0 Å². The molecule has 2 aromatic rings. The minimum atomic E-state index is -3.52. The zero-order chi connectivity index (χ0) is 19.3. The maximum atomic E-state index is 12.4. The first kappa shape index (κ1) is 20.6. The lowest BCUT2D eigenvalue weighted by atomic mass is 10.1. The highest BCUT2D eigenvalue weighted by atomic mass is 35.5. The number of hydrogen-bond donors (Lipinski definition) is 1. The molecule has 0 unspecified atom stereocenters. The highest BCUT2D eigenvalue weighted by Gasteiger charge is 2.21. The summed E-state index contributed by atoms with van der Waals surface area (Å²) in [5.41, 5.74) is 4.18. The van der Waals surface area contributed by atoms with Gasteiger partial charge in [0.05, 0.1) is 10.7 Å². The minimum Gasteiger partial charge on any atom is -0.261 e. The van der Waals surface area contributed by atoms with Crippen molar-refractivity contribution < 1.29 is 8.42 Å². The Hall–Kier alpha value is -1.67. The molecule has 0 fully saturated rings. The summed E-state index contributed by atoms with van der Waals surface area (Å²) in [6.07, 6.45) is 1.32. The number of hydrazone groups is 1. The summed E-state index contributed by atoms with van der Waals surface area (Å²) in [6, 6.07) is 8.22. The van der Waals surface area contributed by atoms with Gasteiger partial charge in [-0.3, -0.25) is 5.43 Å². The van der Waals surface area contributed by atoms with Crippen molar-refractivity contribution in [2.45, 2.75) is 25.7 Å². The van der Waals surface area contributed by atoms with Crippen LogP contribution in [0, 0.1) is 0 Å². The second-order valence-corrected chi connectivity index (χ2v) is 8.18. The molecule has 0 radical (unpaired) electrons. The highest BCUT2D eigenvalue weighted by Crippen LogP contribution is 2.22. The van der Waals surface area contributed by atoms with Crippen molar-refractivity contribution >= 4 is 44.8 Å². The third kappa shape index (κ3) is 4.73. The van der Waals surface area contributed by atoms with Gasteiger partial charge in [-0.1, -0.05) is 43.1 Å². The van der Waals surface area contributed by atoms with Crippen LogP contribution < -0.4 is 5.43 Å². The molecule has 0 spiro atoms. The van der Waals surface area contributed by atoms with Crippen LogP contribution in [-0.2, 0) is 10.0 Å². The van der Waals surface area contributed by atoms with Crippen LogP contribution in [0.25, 0.3) is 0 Å². The molecule has 0 bridgehead atoms. The topological polar surface area (TPSA) is 74.7 Å². The molecule has 6 nitrogen and oxygen atoms in total. The number of sulfonamides is 1. The number of benzene rings is 1. The van der Waals surface area contributed by atoms with Gasteiger partial charge in [0, 0.05) is 29.9 Å². The molecule has 1 aromatic heterocycles. The number of pyridine rings is 1. The zero-order valence-corrected chi connectivity index (χ0v) is 17.0. The average Bonchev–Trinajstić information content (AvgIpc) is 2.61. The molecule has 0 saturated heterocycles. The van der Waals surface area contributed by atoms with Crippen LogP contribution in [0.15, 0.2) is 46.5 Å². The standard InChI is InChI=1S/C17H20Cl2N4O2S/c1-4-23(5-2)26(24,25)14-7-9-17(20-11-14)22-21-12(3)15-8-6-13(18)10-16(15)19/h6-11H,4-5H2,1-3H3,(H,20,22)/b21-12+. The van der Waals surface area contributed by atoms with E-state index in [4.69, 9.17) is 23.2 Å². The van der Waals surface area contributed by atoms with Gasteiger partial charge in [0.1, 0.15) is 10.7 Å². The molecule has 0 saturated carbocycles. The number of rotatable bonds is 7. The third-order valence-electron chi connectivity index (χ3n) is 3.74. The smallest absolute Gasteiger partial charge is 0.244 e. The van der Waals surface area contributed by atoms with Crippen LogP contribution in [0.2, 0.25) is 10.0 Å². The fraction of sp³-hybridized carbons (Fsp3) is 0.294. The van der Waals surface area contributed by atoms with Crippen molar-refractivity contribution in [2.75, 3.05) is 18.5 Å². The Labute approximate surface area is 163 Å². The summed E-state index contributed by atoms with van der Waals surface area (Å²) >= 11 is 12.0. The molecule has 0 aliphatic heterocycles. The molecular formula is C17H20Cl2N4O2S. The van der Waals surface area contributed by atoms with E-state index in [1.54, 1.807) is 45.0 Å².